The number of anilines is 1. The summed E-state index contributed by atoms with van der Waals surface area (Å²) in [6, 6.07) is 10.6. The quantitative estimate of drug-likeness (QED) is 0.579. The van der Waals surface area contributed by atoms with Crippen molar-refractivity contribution in [3.05, 3.63) is 57.0 Å². The molecule has 0 aliphatic carbocycles. The Labute approximate surface area is 172 Å². The Morgan fingerprint density at radius 2 is 2.00 bits per heavy atom. The molecule has 2 N–H and O–H groups in total. The van der Waals surface area contributed by atoms with Crippen LogP contribution in [0.1, 0.15) is 29.8 Å². The van der Waals surface area contributed by atoms with E-state index in [0.717, 1.165) is 10.0 Å². The normalized spacial score (nSPS) is 10.5. The number of aryl methyl sites for hydroxylation is 1. The molecule has 4 nitrogen and oxygen atoms in total. The standard InChI is InChI=1S/C19H20BrClN2O2S/c1-11(2)10-25-17-7-5-13(8-15(17)20)18(24)23-19(26)22-14-6-4-12(3)16(21)9-14/h4-9,11H,10H2,1-3H3,(H2,22,23,24,26). The van der Waals surface area contributed by atoms with Crippen molar-refractivity contribution in [2.24, 2.45) is 5.92 Å². The van der Waals surface area contributed by atoms with Gasteiger partial charge in [-0.2, -0.15) is 0 Å². The number of thiocarbonyl (C=S) groups is 1. The number of benzene rings is 2. The molecular weight excluding hydrogens is 436 g/mol. The first-order valence-corrected chi connectivity index (χ1v) is 9.65. The van der Waals surface area contributed by atoms with Gasteiger partial charge in [-0.1, -0.05) is 31.5 Å². The number of carbonyl (C=O) groups excluding carboxylic acids is 1. The molecule has 0 radical (unpaired) electrons. The second-order valence-corrected chi connectivity index (χ2v) is 7.89. The molecule has 26 heavy (non-hydrogen) atoms. The summed E-state index contributed by atoms with van der Waals surface area (Å²) in [5, 5.41) is 6.43. The van der Waals surface area contributed by atoms with Gasteiger partial charge in [-0.25, -0.2) is 0 Å². The predicted octanol–water partition coefficient (Wildman–Crippen LogP) is 5.57. The Morgan fingerprint density at radius 3 is 2.62 bits per heavy atom. The molecule has 0 fully saturated rings. The van der Waals surface area contributed by atoms with E-state index in [1.165, 1.54) is 0 Å². The summed E-state index contributed by atoms with van der Waals surface area (Å²) in [7, 11) is 0. The summed E-state index contributed by atoms with van der Waals surface area (Å²) in [6.45, 7) is 6.67. The van der Waals surface area contributed by atoms with Crippen LogP contribution in [-0.4, -0.2) is 17.6 Å². The van der Waals surface area contributed by atoms with Gasteiger partial charge in [0.1, 0.15) is 5.75 Å². The second-order valence-electron chi connectivity index (χ2n) is 6.22. The Balaban J connectivity index is 1.99. The molecule has 0 bridgehead atoms. The fourth-order valence-corrected chi connectivity index (χ4v) is 2.91. The lowest BCUT2D eigenvalue weighted by atomic mass is 10.2. The van der Waals surface area contributed by atoms with E-state index in [1.54, 1.807) is 24.3 Å². The maximum absolute atomic E-state index is 12.4. The molecular formula is C19H20BrClN2O2S. The highest BCUT2D eigenvalue weighted by molar-refractivity contribution is 9.10. The monoisotopic (exact) mass is 454 g/mol. The summed E-state index contributed by atoms with van der Waals surface area (Å²) < 4.78 is 6.40. The number of rotatable bonds is 5. The molecule has 0 aliphatic heterocycles. The predicted molar refractivity (Wildman–Crippen MR) is 114 cm³/mol. The van der Waals surface area contributed by atoms with Crippen LogP contribution in [0.25, 0.3) is 0 Å². The Bertz CT molecular complexity index is 827. The number of halogens is 2. The summed E-state index contributed by atoms with van der Waals surface area (Å²) in [5.74, 6) is 0.811. The van der Waals surface area contributed by atoms with E-state index in [2.05, 4.69) is 40.4 Å². The van der Waals surface area contributed by atoms with Gasteiger partial charge in [0.25, 0.3) is 5.91 Å². The maximum Gasteiger partial charge on any atom is 0.257 e. The van der Waals surface area contributed by atoms with Crippen LogP contribution < -0.4 is 15.4 Å². The van der Waals surface area contributed by atoms with E-state index in [4.69, 9.17) is 28.6 Å². The molecule has 1 amide bonds. The van der Waals surface area contributed by atoms with Gasteiger partial charge in [0.05, 0.1) is 11.1 Å². The van der Waals surface area contributed by atoms with Crippen molar-refractivity contribution in [3.8, 4) is 5.75 Å². The fourth-order valence-electron chi connectivity index (χ4n) is 2.02. The van der Waals surface area contributed by atoms with Gasteiger partial charge in [-0.05, 0) is 76.9 Å². The molecule has 138 valence electrons. The van der Waals surface area contributed by atoms with Gasteiger partial charge in [-0.15, -0.1) is 0 Å². The van der Waals surface area contributed by atoms with E-state index in [1.807, 2.05) is 19.1 Å². The number of hydrogen-bond donors (Lipinski definition) is 2. The molecule has 0 saturated carbocycles. The average molecular weight is 456 g/mol. The molecule has 0 unspecified atom stereocenters. The zero-order chi connectivity index (χ0) is 19.3. The fraction of sp³-hybridized carbons (Fsp3) is 0.263. The first kappa shape index (κ1) is 20.7. The van der Waals surface area contributed by atoms with Gasteiger partial charge >= 0.3 is 0 Å². The molecule has 0 aromatic heterocycles. The molecule has 0 heterocycles. The first-order valence-electron chi connectivity index (χ1n) is 8.07. The highest BCUT2D eigenvalue weighted by atomic mass is 79.9. The van der Waals surface area contributed by atoms with E-state index < -0.39 is 0 Å². The van der Waals surface area contributed by atoms with Crippen molar-refractivity contribution in [2.75, 3.05) is 11.9 Å². The SMILES string of the molecule is Cc1ccc(NC(=S)NC(=O)c2ccc(OCC(C)C)c(Br)c2)cc1Cl. The second kappa shape index (κ2) is 9.35. The van der Waals surface area contributed by atoms with Gasteiger partial charge in [0.2, 0.25) is 0 Å². The smallest absolute Gasteiger partial charge is 0.257 e. The molecule has 0 aliphatic rings. The van der Waals surface area contributed by atoms with Gasteiger partial charge < -0.3 is 10.1 Å². The third-order valence-corrected chi connectivity index (χ3v) is 4.65. The van der Waals surface area contributed by atoms with Crippen LogP contribution in [0, 0.1) is 12.8 Å². The number of nitrogens with one attached hydrogen (secondary N) is 2. The van der Waals surface area contributed by atoms with Crippen molar-refractivity contribution in [2.45, 2.75) is 20.8 Å². The van der Waals surface area contributed by atoms with Crippen LogP contribution >= 0.6 is 39.7 Å². The summed E-state index contributed by atoms with van der Waals surface area (Å²) in [5.41, 5.74) is 2.15. The van der Waals surface area contributed by atoms with Gasteiger partial charge in [0, 0.05) is 16.3 Å². The van der Waals surface area contributed by atoms with Crippen molar-refractivity contribution >= 4 is 56.5 Å². The van der Waals surface area contributed by atoms with Crippen LogP contribution in [0.3, 0.4) is 0 Å². The Morgan fingerprint density at radius 1 is 1.27 bits per heavy atom. The Hall–Kier alpha value is -1.63. The van der Waals surface area contributed by atoms with E-state index >= 15 is 0 Å². The Kier molecular flexibility index (Phi) is 7.43. The molecule has 2 rings (SSSR count). The van der Waals surface area contributed by atoms with Crippen molar-refractivity contribution in [1.29, 1.82) is 0 Å². The number of carbonyl (C=O) groups is 1. The molecule has 0 spiro atoms. The van der Waals surface area contributed by atoms with Crippen molar-refractivity contribution in [1.82, 2.24) is 5.32 Å². The van der Waals surface area contributed by atoms with Gasteiger partial charge in [-0.3, -0.25) is 10.1 Å². The third-order valence-electron chi connectivity index (χ3n) is 3.42. The third kappa shape index (κ3) is 5.97. The molecule has 2 aromatic rings. The van der Waals surface area contributed by atoms with Crippen molar-refractivity contribution < 1.29 is 9.53 Å². The molecule has 2 aromatic carbocycles. The summed E-state index contributed by atoms with van der Waals surface area (Å²) >= 11 is 14.7. The summed E-state index contributed by atoms with van der Waals surface area (Å²) in [6.07, 6.45) is 0. The maximum atomic E-state index is 12.4. The van der Waals surface area contributed by atoms with Crippen molar-refractivity contribution in [3.63, 3.8) is 0 Å². The lowest BCUT2D eigenvalue weighted by Gasteiger charge is -2.13. The van der Waals surface area contributed by atoms with Crippen LogP contribution in [0.15, 0.2) is 40.9 Å². The zero-order valence-electron chi connectivity index (χ0n) is 14.7. The lowest BCUT2D eigenvalue weighted by molar-refractivity contribution is 0.0977. The zero-order valence-corrected chi connectivity index (χ0v) is 17.9. The molecule has 0 atom stereocenters. The minimum atomic E-state index is -0.309. The summed E-state index contributed by atoms with van der Waals surface area (Å²) in [4.78, 5) is 12.4. The first-order chi connectivity index (χ1) is 12.3. The average Bonchev–Trinajstić information content (AvgIpc) is 2.56. The highest BCUT2D eigenvalue weighted by Gasteiger charge is 2.11. The van der Waals surface area contributed by atoms with E-state index in [-0.39, 0.29) is 11.0 Å². The van der Waals surface area contributed by atoms with Gasteiger partial charge in [0.15, 0.2) is 5.11 Å². The number of amides is 1. The topological polar surface area (TPSA) is 50.4 Å². The van der Waals surface area contributed by atoms with Crippen LogP contribution in [0.2, 0.25) is 5.02 Å². The minimum absolute atomic E-state index is 0.200. The van der Waals surface area contributed by atoms with Crippen LogP contribution in [0.4, 0.5) is 5.69 Å². The van der Waals surface area contributed by atoms with Crippen LogP contribution in [0.5, 0.6) is 5.75 Å². The van der Waals surface area contributed by atoms with E-state index in [9.17, 15) is 4.79 Å². The molecule has 0 saturated heterocycles. The van der Waals surface area contributed by atoms with E-state index in [0.29, 0.717) is 34.5 Å². The number of hydrogen-bond acceptors (Lipinski definition) is 3. The molecule has 7 heteroatoms. The largest absolute Gasteiger partial charge is 0.492 e. The minimum Gasteiger partial charge on any atom is -0.492 e. The lowest BCUT2D eigenvalue weighted by Crippen LogP contribution is -2.34. The highest BCUT2D eigenvalue weighted by Crippen LogP contribution is 2.26. The number of ether oxygens (including phenoxy) is 1. The van der Waals surface area contributed by atoms with Crippen LogP contribution in [-0.2, 0) is 0 Å².